The fraction of sp³-hybridized carbons (Fsp3) is 0.545. The van der Waals surface area contributed by atoms with Crippen LogP contribution in [-0.2, 0) is 0 Å². The molecule has 6 nitrogen and oxygen atoms in total. The van der Waals surface area contributed by atoms with E-state index in [0.29, 0.717) is 18.6 Å². The Hall–Kier alpha value is -1.99. The second kappa shape index (κ2) is 9.67. The van der Waals surface area contributed by atoms with Crippen LogP contribution in [0, 0.1) is 19.8 Å². The molecule has 2 atom stereocenters. The third kappa shape index (κ3) is 5.34. The summed E-state index contributed by atoms with van der Waals surface area (Å²) in [6.45, 7) is 10.7. The van der Waals surface area contributed by atoms with Gasteiger partial charge in [-0.2, -0.15) is 13.5 Å². The molecule has 158 valence electrons. The second-order valence-corrected chi connectivity index (χ2v) is 7.97. The van der Waals surface area contributed by atoms with Gasteiger partial charge in [0.2, 0.25) is 0 Å². The Balaban J connectivity index is 0.00000240. The number of likely N-dealkylation sites (tertiary alicyclic amines) is 1. The fourth-order valence-corrected chi connectivity index (χ4v) is 4.15. The molecule has 0 bridgehead atoms. The van der Waals surface area contributed by atoms with E-state index in [1.165, 1.54) is 18.4 Å². The summed E-state index contributed by atoms with van der Waals surface area (Å²) in [5.74, 6) is 3.19. The molecule has 2 aromatic heterocycles. The van der Waals surface area contributed by atoms with E-state index in [1.54, 1.807) is 0 Å². The zero-order valence-corrected chi connectivity index (χ0v) is 18.6. The maximum absolute atomic E-state index is 6.11. The summed E-state index contributed by atoms with van der Waals surface area (Å²) >= 11 is 0. The monoisotopic (exact) mass is 416 g/mol. The molecule has 1 N–H and O–H groups in total. The van der Waals surface area contributed by atoms with Crippen molar-refractivity contribution in [3.8, 4) is 11.5 Å². The van der Waals surface area contributed by atoms with Crippen LogP contribution in [0.2, 0.25) is 0 Å². The van der Waals surface area contributed by atoms with Crippen LogP contribution in [0.15, 0.2) is 24.4 Å². The van der Waals surface area contributed by atoms with E-state index in [9.17, 15) is 0 Å². The van der Waals surface area contributed by atoms with Gasteiger partial charge < -0.3 is 14.8 Å². The lowest BCUT2D eigenvalue weighted by molar-refractivity contribution is 0.100. The summed E-state index contributed by atoms with van der Waals surface area (Å²) in [5, 5.41) is 3.28. The number of rotatable bonds is 5. The highest BCUT2D eigenvalue weighted by Crippen LogP contribution is 2.32. The van der Waals surface area contributed by atoms with Gasteiger partial charge in [0.05, 0.1) is 13.2 Å². The van der Waals surface area contributed by atoms with E-state index >= 15 is 0 Å². The third-order valence-corrected chi connectivity index (χ3v) is 5.65. The summed E-state index contributed by atoms with van der Waals surface area (Å²) in [5.41, 5.74) is 3.22. The number of fused-ring (bicyclic) bond motifs is 1. The number of piperidine rings is 1. The Labute approximate surface area is 180 Å². The van der Waals surface area contributed by atoms with Crippen LogP contribution in [0.25, 0.3) is 0 Å². The zero-order valence-electron chi connectivity index (χ0n) is 17.6. The first-order valence-corrected chi connectivity index (χ1v) is 10.3. The van der Waals surface area contributed by atoms with Crippen molar-refractivity contribution < 1.29 is 9.47 Å². The molecule has 0 radical (unpaired) electrons. The van der Waals surface area contributed by atoms with Gasteiger partial charge in [0, 0.05) is 48.2 Å². The van der Waals surface area contributed by atoms with Gasteiger partial charge in [0.15, 0.2) is 11.6 Å². The normalized spacial score (nSPS) is 19.9. The minimum Gasteiger partial charge on any atom is -0.493 e. The van der Waals surface area contributed by atoms with Crippen LogP contribution < -0.4 is 14.8 Å². The molecule has 0 aliphatic carbocycles. The number of hydrogen-bond acceptors (Lipinski definition) is 6. The van der Waals surface area contributed by atoms with Crippen molar-refractivity contribution >= 4 is 19.3 Å². The summed E-state index contributed by atoms with van der Waals surface area (Å²) in [4.78, 5) is 11.5. The lowest BCUT2D eigenvalue weighted by Crippen LogP contribution is -2.39. The average molecular weight is 417 g/mol. The second-order valence-electron chi connectivity index (χ2n) is 7.97. The lowest BCUT2D eigenvalue weighted by atomic mass is 9.96. The van der Waals surface area contributed by atoms with Crippen molar-refractivity contribution in [3.63, 3.8) is 0 Å². The first kappa shape index (κ1) is 21.7. The van der Waals surface area contributed by atoms with Crippen molar-refractivity contribution in [1.29, 1.82) is 0 Å². The summed E-state index contributed by atoms with van der Waals surface area (Å²) in [6, 6.07) is 6.49. The zero-order chi connectivity index (χ0) is 19.5. The molecule has 0 spiro atoms. The van der Waals surface area contributed by atoms with Gasteiger partial charge in [-0.05, 0) is 51.8 Å². The van der Waals surface area contributed by atoms with Crippen LogP contribution in [0.3, 0.4) is 0 Å². The Kier molecular flexibility index (Phi) is 7.24. The van der Waals surface area contributed by atoms with E-state index in [0.717, 1.165) is 54.9 Å². The summed E-state index contributed by atoms with van der Waals surface area (Å²) < 4.78 is 11.9. The van der Waals surface area contributed by atoms with E-state index in [4.69, 9.17) is 9.47 Å². The molecule has 1 saturated heterocycles. The SMILES string of the molecule is Cc1cc(OC[C@H]2CCCN(C(C)c3cnc4c(c3)OCCN4)C2)cc(C)n1.S. The quantitative estimate of drug-likeness (QED) is 0.799. The van der Waals surface area contributed by atoms with Crippen molar-refractivity contribution in [2.45, 2.75) is 39.7 Å². The maximum atomic E-state index is 6.11. The first-order chi connectivity index (χ1) is 13.6. The fourth-order valence-electron chi connectivity index (χ4n) is 4.15. The lowest BCUT2D eigenvalue weighted by Gasteiger charge is -2.37. The largest absolute Gasteiger partial charge is 0.493 e. The van der Waals surface area contributed by atoms with Gasteiger partial charge in [-0.3, -0.25) is 9.88 Å². The molecule has 2 aliphatic rings. The highest BCUT2D eigenvalue weighted by atomic mass is 32.1. The van der Waals surface area contributed by atoms with Gasteiger partial charge in [-0.1, -0.05) is 0 Å². The van der Waals surface area contributed by atoms with E-state index in [1.807, 2.05) is 32.2 Å². The highest BCUT2D eigenvalue weighted by molar-refractivity contribution is 7.59. The van der Waals surface area contributed by atoms with Gasteiger partial charge in [0.1, 0.15) is 12.4 Å². The number of nitrogens with zero attached hydrogens (tertiary/aromatic N) is 3. The number of anilines is 1. The maximum Gasteiger partial charge on any atom is 0.168 e. The molecule has 29 heavy (non-hydrogen) atoms. The van der Waals surface area contributed by atoms with Crippen molar-refractivity contribution in [1.82, 2.24) is 14.9 Å². The predicted octanol–water partition coefficient (Wildman–Crippen LogP) is 3.86. The number of nitrogens with one attached hydrogen (secondary N) is 1. The number of pyridine rings is 2. The van der Waals surface area contributed by atoms with Crippen molar-refractivity contribution in [3.05, 3.63) is 41.3 Å². The van der Waals surface area contributed by atoms with Crippen LogP contribution in [0.1, 0.15) is 42.8 Å². The van der Waals surface area contributed by atoms with E-state index in [-0.39, 0.29) is 13.5 Å². The summed E-state index contributed by atoms with van der Waals surface area (Å²) in [7, 11) is 0. The molecule has 0 aromatic carbocycles. The van der Waals surface area contributed by atoms with Gasteiger partial charge in [-0.25, -0.2) is 4.98 Å². The Morgan fingerprint density at radius 3 is 2.86 bits per heavy atom. The number of hydrogen-bond donors (Lipinski definition) is 1. The van der Waals surface area contributed by atoms with Crippen LogP contribution >= 0.6 is 13.5 Å². The van der Waals surface area contributed by atoms with E-state index < -0.39 is 0 Å². The van der Waals surface area contributed by atoms with Gasteiger partial charge >= 0.3 is 0 Å². The molecule has 4 heterocycles. The molecular formula is C22H32N4O2S. The van der Waals surface area contributed by atoms with Gasteiger partial charge in [0.25, 0.3) is 0 Å². The molecular weight excluding hydrogens is 384 g/mol. The molecule has 4 rings (SSSR count). The smallest absolute Gasteiger partial charge is 0.168 e. The molecule has 2 aliphatic heterocycles. The van der Waals surface area contributed by atoms with Crippen molar-refractivity contribution in [2.24, 2.45) is 5.92 Å². The van der Waals surface area contributed by atoms with Crippen molar-refractivity contribution in [2.75, 3.05) is 38.2 Å². The number of ether oxygens (including phenoxy) is 2. The Bertz CT molecular complexity index is 812. The minimum absolute atomic E-state index is 0. The number of aryl methyl sites for hydroxylation is 2. The molecule has 1 fully saturated rings. The molecule has 1 unspecified atom stereocenters. The molecule has 0 saturated carbocycles. The minimum atomic E-state index is 0. The standard InChI is InChI=1S/C22H30N4O2.H2S/c1-15-9-20(10-16(2)25-15)28-14-18-5-4-7-26(13-18)17(3)19-11-21-22(24-12-19)23-6-8-27-21;/h9-12,17-18H,4-8,13-14H2,1-3H3,(H,23,24);1H2/t17?,18-;/m0./s1. The van der Waals surface area contributed by atoms with Crippen LogP contribution in [0.4, 0.5) is 5.82 Å². The Morgan fingerprint density at radius 1 is 1.28 bits per heavy atom. The van der Waals surface area contributed by atoms with E-state index in [2.05, 4.69) is 33.2 Å². The molecule has 0 amide bonds. The van der Waals surface area contributed by atoms with Gasteiger partial charge in [-0.15, -0.1) is 0 Å². The third-order valence-electron chi connectivity index (χ3n) is 5.65. The van der Waals surface area contributed by atoms with Crippen LogP contribution in [-0.4, -0.2) is 47.7 Å². The van der Waals surface area contributed by atoms with Crippen LogP contribution in [0.5, 0.6) is 11.5 Å². The number of aromatic nitrogens is 2. The average Bonchev–Trinajstić information content (AvgIpc) is 2.71. The molecule has 7 heteroatoms. The predicted molar refractivity (Wildman–Crippen MR) is 121 cm³/mol. The first-order valence-electron chi connectivity index (χ1n) is 10.3. The highest BCUT2D eigenvalue weighted by Gasteiger charge is 2.26. The molecule has 2 aromatic rings. The Morgan fingerprint density at radius 2 is 2.07 bits per heavy atom. The summed E-state index contributed by atoms with van der Waals surface area (Å²) in [6.07, 6.45) is 4.39. The topological polar surface area (TPSA) is 59.5 Å².